The van der Waals surface area contributed by atoms with Gasteiger partial charge in [-0.1, -0.05) is 0 Å². The lowest BCUT2D eigenvalue weighted by molar-refractivity contribution is -0.344. The largest absolute Gasteiger partial charge is 0.508 e. The number of ether oxygens (including phenoxy) is 5. The Balaban J connectivity index is 1.34. The highest BCUT2D eigenvalue weighted by atomic mass is 16.8. The number of carbonyl (C=O) groups excluding carboxylic acids is 1. The van der Waals surface area contributed by atoms with Crippen LogP contribution in [0.3, 0.4) is 0 Å². The Morgan fingerprint density at radius 1 is 1.03 bits per heavy atom. The van der Waals surface area contributed by atoms with E-state index in [0.29, 0.717) is 0 Å². The molecule has 0 amide bonds. The van der Waals surface area contributed by atoms with E-state index in [0.717, 1.165) is 0 Å². The minimum absolute atomic E-state index is 0.00264. The molecule has 3 heterocycles. The fourth-order valence-corrected chi connectivity index (χ4v) is 5.08. The van der Waals surface area contributed by atoms with Crippen LogP contribution >= 0.6 is 0 Å². The topological polar surface area (TPSA) is 188 Å². The van der Waals surface area contributed by atoms with Crippen molar-refractivity contribution in [2.24, 2.45) is 11.8 Å². The highest BCUT2D eigenvalue weighted by Crippen LogP contribution is 2.60. The van der Waals surface area contributed by atoms with E-state index in [9.17, 15) is 35.4 Å². The lowest BCUT2D eigenvalue weighted by Crippen LogP contribution is -2.60. The molecule has 0 bridgehead atoms. The summed E-state index contributed by atoms with van der Waals surface area (Å²) < 4.78 is 28.3. The number of epoxide rings is 1. The van der Waals surface area contributed by atoms with Gasteiger partial charge in [0.05, 0.1) is 31.0 Å². The fourth-order valence-electron chi connectivity index (χ4n) is 5.08. The summed E-state index contributed by atoms with van der Waals surface area (Å²) in [5, 5.41) is 59.3. The van der Waals surface area contributed by atoms with Gasteiger partial charge in [0.1, 0.15) is 48.0 Å². The zero-order valence-electron chi connectivity index (χ0n) is 17.8. The third kappa shape index (κ3) is 3.67. The molecule has 11 atom stereocenters. The summed E-state index contributed by atoms with van der Waals surface area (Å²) in [6.07, 6.45) is -6.99. The second-order valence-corrected chi connectivity index (χ2v) is 8.84. The van der Waals surface area contributed by atoms with Crippen LogP contribution in [0.5, 0.6) is 5.75 Å². The summed E-state index contributed by atoms with van der Waals surface area (Å²) >= 11 is 0. The molecule has 2 saturated heterocycles. The fraction of sp³-hybridized carbons (Fsp3) is 0.591. The summed E-state index contributed by atoms with van der Waals surface area (Å²) in [6.45, 7) is -1.04. The second-order valence-electron chi connectivity index (χ2n) is 8.84. The van der Waals surface area contributed by atoms with Crippen molar-refractivity contribution in [3.8, 4) is 5.75 Å². The van der Waals surface area contributed by atoms with Gasteiger partial charge < -0.3 is 54.3 Å². The molecule has 12 nitrogen and oxygen atoms in total. The minimum atomic E-state index is -1.64. The molecular formula is C22H26O12. The highest BCUT2D eigenvalue weighted by Gasteiger charge is 2.77. The maximum atomic E-state index is 12.7. The molecule has 34 heavy (non-hydrogen) atoms. The van der Waals surface area contributed by atoms with E-state index in [-0.39, 0.29) is 11.3 Å². The van der Waals surface area contributed by atoms with Crippen LogP contribution in [-0.4, -0.2) is 105 Å². The lowest BCUT2D eigenvalue weighted by atomic mass is 9.85. The smallest absolute Gasteiger partial charge is 0.338 e. The maximum Gasteiger partial charge on any atom is 0.338 e. The van der Waals surface area contributed by atoms with E-state index in [2.05, 4.69) is 0 Å². The van der Waals surface area contributed by atoms with Crippen LogP contribution in [0.25, 0.3) is 0 Å². The zero-order chi connectivity index (χ0) is 24.2. The van der Waals surface area contributed by atoms with Crippen molar-refractivity contribution >= 4 is 5.97 Å². The molecule has 6 N–H and O–H groups in total. The molecule has 0 aromatic heterocycles. The van der Waals surface area contributed by atoms with Crippen LogP contribution in [0.1, 0.15) is 10.4 Å². The first-order chi connectivity index (χ1) is 16.3. The van der Waals surface area contributed by atoms with E-state index in [4.69, 9.17) is 23.7 Å². The van der Waals surface area contributed by atoms with Crippen molar-refractivity contribution in [3.05, 3.63) is 42.2 Å². The van der Waals surface area contributed by atoms with Crippen LogP contribution in [0.4, 0.5) is 0 Å². The molecule has 1 unspecified atom stereocenters. The second kappa shape index (κ2) is 8.73. The number of esters is 1. The SMILES string of the molecule is O=C(O[C@H]1[C@@H]2C=CO[C@@H](O[C@H]3O[C@@H](CO)[C@H](O)[C@@H](O)[C@@H]3O)[C@@H]2C2(CO)O[C@@H]12)c1ccc(O)cc1. The summed E-state index contributed by atoms with van der Waals surface area (Å²) in [6, 6.07) is 5.56. The zero-order valence-corrected chi connectivity index (χ0v) is 17.8. The first-order valence-electron chi connectivity index (χ1n) is 10.9. The Labute approximate surface area is 193 Å². The van der Waals surface area contributed by atoms with Gasteiger partial charge >= 0.3 is 5.97 Å². The van der Waals surface area contributed by atoms with Crippen molar-refractivity contribution in [1.29, 1.82) is 0 Å². The normalized spacial score (nSPS) is 44.6. The Hall–Kier alpha value is -2.29. The predicted octanol–water partition coefficient (Wildman–Crippen LogP) is -2.02. The van der Waals surface area contributed by atoms with Gasteiger partial charge in [0.25, 0.3) is 0 Å². The Morgan fingerprint density at radius 2 is 1.76 bits per heavy atom. The average Bonchev–Trinajstić information content (AvgIpc) is 3.52. The number of fused-ring (bicyclic) bond motifs is 3. The van der Waals surface area contributed by atoms with Gasteiger partial charge in [-0.15, -0.1) is 0 Å². The third-order valence-electron chi connectivity index (χ3n) is 6.94. The Kier molecular flexibility index (Phi) is 6.02. The summed E-state index contributed by atoms with van der Waals surface area (Å²) in [7, 11) is 0. The number of phenols is 1. The third-order valence-corrected chi connectivity index (χ3v) is 6.94. The molecule has 1 aromatic carbocycles. The van der Waals surface area contributed by atoms with Crippen LogP contribution < -0.4 is 0 Å². The molecule has 4 aliphatic rings. The van der Waals surface area contributed by atoms with Gasteiger partial charge in [-0.05, 0) is 30.3 Å². The number of aliphatic hydroxyl groups excluding tert-OH is 5. The monoisotopic (exact) mass is 482 g/mol. The number of hydrogen-bond donors (Lipinski definition) is 6. The van der Waals surface area contributed by atoms with Crippen molar-refractivity contribution in [1.82, 2.24) is 0 Å². The molecule has 3 aliphatic heterocycles. The lowest BCUT2D eigenvalue weighted by Gasteiger charge is -2.43. The molecule has 0 spiro atoms. The molecular weight excluding hydrogens is 456 g/mol. The van der Waals surface area contributed by atoms with Gasteiger partial charge in [0.2, 0.25) is 6.29 Å². The number of hydrogen-bond acceptors (Lipinski definition) is 12. The number of aliphatic hydroxyl groups is 5. The molecule has 186 valence electrons. The van der Waals surface area contributed by atoms with Crippen LogP contribution in [0, 0.1) is 11.8 Å². The van der Waals surface area contributed by atoms with Gasteiger partial charge in [-0.2, -0.15) is 0 Å². The number of carbonyl (C=O) groups is 1. The minimum Gasteiger partial charge on any atom is -0.508 e. The van der Waals surface area contributed by atoms with Gasteiger partial charge in [0.15, 0.2) is 6.29 Å². The first-order valence-corrected chi connectivity index (χ1v) is 10.9. The molecule has 1 aliphatic carbocycles. The first kappa shape index (κ1) is 23.5. The number of rotatable bonds is 6. The van der Waals surface area contributed by atoms with Crippen LogP contribution in [-0.2, 0) is 23.7 Å². The number of benzene rings is 1. The van der Waals surface area contributed by atoms with Gasteiger partial charge in [-0.25, -0.2) is 4.79 Å². The molecule has 3 fully saturated rings. The summed E-state index contributed by atoms with van der Waals surface area (Å²) in [4.78, 5) is 12.7. The van der Waals surface area contributed by atoms with E-state index in [1.54, 1.807) is 6.08 Å². The molecule has 1 aromatic rings. The van der Waals surface area contributed by atoms with E-state index >= 15 is 0 Å². The van der Waals surface area contributed by atoms with E-state index in [1.165, 1.54) is 30.5 Å². The van der Waals surface area contributed by atoms with E-state index < -0.39 is 85.8 Å². The van der Waals surface area contributed by atoms with Gasteiger partial charge in [0, 0.05) is 5.92 Å². The predicted molar refractivity (Wildman–Crippen MR) is 108 cm³/mol. The number of aromatic hydroxyl groups is 1. The standard InChI is InChI=1S/C22H26O12/c23-7-12-14(26)15(27)16(28)21(31-12)33-20-13-11(5-6-30-20)17(18-22(13,8-24)34-18)32-19(29)9-1-3-10(25)4-2-9/h1-6,11-18,20-21,23-28H,7-8H2/t11-,12+,13-,14+,15-,16+,17+,18+,20+,21-,22?/m1/s1. The van der Waals surface area contributed by atoms with Crippen molar-refractivity contribution in [3.63, 3.8) is 0 Å². The summed E-state index contributed by atoms with van der Waals surface area (Å²) in [5.41, 5.74) is -0.907. The molecule has 12 heteroatoms. The van der Waals surface area contributed by atoms with E-state index in [1.807, 2.05) is 0 Å². The maximum absolute atomic E-state index is 12.7. The molecule has 0 radical (unpaired) electrons. The average molecular weight is 482 g/mol. The molecule has 1 saturated carbocycles. The highest BCUT2D eigenvalue weighted by molar-refractivity contribution is 5.89. The summed E-state index contributed by atoms with van der Waals surface area (Å²) in [5.74, 6) is -1.78. The Bertz CT molecular complexity index is 934. The quantitative estimate of drug-likeness (QED) is 0.193. The Morgan fingerprint density at radius 3 is 2.44 bits per heavy atom. The van der Waals surface area contributed by atoms with Crippen molar-refractivity contribution in [2.75, 3.05) is 13.2 Å². The number of phenolic OH excluding ortho intramolecular Hbond substituents is 1. The van der Waals surface area contributed by atoms with Gasteiger partial charge in [-0.3, -0.25) is 0 Å². The van der Waals surface area contributed by atoms with Crippen LogP contribution in [0.15, 0.2) is 36.6 Å². The van der Waals surface area contributed by atoms with Crippen molar-refractivity contribution < 1.29 is 59.1 Å². The van der Waals surface area contributed by atoms with Crippen molar-refractivity contribution in [2.45, 2.75) is 54.8 Å². The molecule has 5 rings (SSSR count). The van der Waals surface area contributed by atoms with Crippen LogP contribution in [0.2, 0.25) is 0 Å².